The highest BCUT2D eigenvalue weighted by Gasteiger charge is 2.27. The topological polar surface area (TPSA) is 91.8 Å². The van der Waals surface area contributed by atoms with Gasteiger partial charge in [-0.25, -0.2) is 18.2 Å². The van der Waals surface area contributed by atoms with E-state index in [1.165, 1.54) is 6.20 Å². The molecule has 1 saturated heterocycles. The molecule has 1 amide bonds. The lowest BCUT2D eigenvalue weighted by molar-refractivity contribution is 0.0240. The van der Waals surface area contributed by atoms with E-state index in [2.05, 4.69) is 14.6 Å². The van der Waals surface area contributed by atoms with E-state index in [9.17, 15) is 13.2 Å². The average molecular weight is 439 g/mol. The van der Waals surface area contributed by atoms with E-state index in [1.54, 1.807) is 24.0 Å². The van der Waals surface area contributed by atoms with Crippen molar-refractivity contribution in [1.82, 2.24) is 9.88 Å². The van der Waals surface area contributed by atoms with Gasteiger partial charge < -0.3 is 14.5 Å². The first-order chi connectivity index (χ1) is 13.5. The lowest BCUT2D eigenvalue weighted by Crippen LogP contribution is -2.50. The fraction of sp³-hybridized carbons (Fsp3) is 0.474. The zero-order valence-electron chi connectivity index (χ0n) is 17.0. The molecule has 1 aliphatic heterocycles. The third-order valence-electron chi connectivity index (χ3n) is 4.29. The van der Waals surface area contributed by atoms with E-state index in [1.807, 2.05) is 32.9 Å². The summed E-state index contributed by atoms with van der Waals surface area (Å²) in [6.45, 7) is 9.46. The number of hydrogen-bond donors (Lipinski definition) is 1. The Morgan fingerprint density at radius 3 is 2.41 bits per heavy atom. The van der Waals surface area contributed by atoms with Crippen LogP contribution in [-0.2, 0) is 14.8 Å². The minimum absolute atomic E-state index is 0.180. The molecule has 1 aromatic carbocycles. The summed E-state index contributed by atoms with van der Waals surface area (Å²) in [6, 6.07) is 7.26. The summed E-state index contributed by atoms with van der Waals surface area (Å²) < 4.78 is 33.7. The Labute approximate surface area is 175 Å². The number of piperazine rings is 1. The number of nitrogens with zero attached hydrogens (tertiary/aromatic N) is 3. The Balaban J connectivity index is 1.71. The van der Waals surface area contributed by atoms with E-state index < -0.39 is 15.6 Å². The van der Waals surface area contributed by atoms with Crippen LogP contribution in [0.5, 0.6) is 0 Å². The molecule has 29 heavy (non-hydrogen) atoms. The van der Waals surface area contributed by atoms with Gasteiger partial charge in [0.15, 0.2) is 4.21 Å². The third-order valence-corrected chi connectivity index (χ3v) is 7.02. The van der Waals surface area contributed by atoms with Gasteiger partial charge in [-0.05, 0) is 39.8 Å². The predicted molar refractivity (Wildman–Crippen MR) is 114 cm³/mol. The van der Waals surface area contributed by atoms with Crippen molar-refractivity contribution >= 4 is 38.8 Å². The molecule has 0 aliphatic carbocycles. The van der Waals surface area contributed by atoms with Crippen molar-refractivity contribution < 1.29 is 17.9 Å². The summed E-state index contributed by atoms with van der Waals surface area (Å²) in [5.74, 6) is 0. The number of para-hydroxylation sites is 2. The maximum absolute atomic E-state index is 12.7. The van der Waals surface area contributed by atoms with Crippen LogP contribution in [0.3, 0.4) is 0 Å². The maximum atomic E-state index is 12.7. The summed E-state index contributed by atoms with van der Waals surface area (Å²) in [5, 5.41) is 0.692. The van der Waals surface area contributed by atoms with Gasteiger partial charge in [0.2, 0.25) is 0 Å². The second-order valence-electron chi connectivity index (χ2n) is 7.78. The molecule has 1 aromatic heterocycles. The minimum atomic E-state index is -3.70. The number of amides is 1. The van der Waals surface area contributed by atoms with Gasteiger partial charge in [0.05, 0.1) is 22.6 Å². The molecule has 3 rings (SSSR count). The number of anilines is 2. The first-order valence-electron chi connectivity index (χ1n) is 9.32. The van der Waals surface area contributed by atoms with Crippen molar-refractivity contribution in [2.45, 2.75) is 37.5 Å². The van der Waals surface area contributed by atoms with Crippen LogP contribution in [0, 0.1) is 6.92 Å². The molecule has 0 saturated carbocycles. The fourth-order valence-electron chi connectivity index (χ4n) is 2.95. The number of aromatic nitrogens is 1. The van der Waals surface area contributed by atoms with Crippen LogP contribution in [0.15, 0.2) is 34.7 Å². The second-order valence-corrected chi connectivity index (χ2v) is 10.9. The van der Waals surface area contributed by atoms with Gasteiger partial charge in [-0.1, -0.05) is 12.1 Å². The molecule has 2 heterocycles. The highest BCUT2D eigenvalue weighted by atomic mass is 32.2. The Kier molecular flexibility index (Phi) is 6.04. The van der Waals surface area contributed by atoms with Crippen LogP contribution in [0.4, 0.5) is 16.2 Å². The van der Waals surface area contributed by atoms with Crippen molar-refractivity contribution in [1.29, 1.82) is 0 Å². The number of sulfonamides is 1. The first-order valence-corrected chi connectivity index (χ1v) is 11.6. The lowest BCUT2D eigenvalue weighted by Gasteiger charge is -2.37. The van der Waals surface area contributed by atoms with Crippen molar-refractivity contribution in [2.75, 3.05) is 35.8 Å². The van der Waals surface area contributed by atoms with E-state index in [0.29, 0.717) is 36.9 Å². The van der Waals surface area contributed by atoms with E-state index in [-0.39, 0.29) is 10.3 Å². The van der Waals surface area contributed by atoms with Crippen LogP contribution in [0.2, 0.25) is 0 Å². The number of rotatable bonds is 4. The van der Waals surface area contributed by atoms with Crippen LogP contribution < -0.4 is 9.62 Å². The first kappa shape index (κ1) is 21.4. The average Bonchev–Trinajstić information content (AvgIpc) is 3.08. The Bertz CT molecular complexity index is 974. The number of ether oxygens (including phenoxy) is 1. The summed E-state index contributed by atoms with van der Waals surface area (Å²) >= 11 is 1.13. The minimum Gasteiger partial charge on any atom is -0.444 e. The second kappa shape index (κ2) is 8.19. The number of carbonyl (C=O) groups is 1. The zero-order chi connectivity index (χ0) is 21.2. The number of aryl methyl sites for hydroxylation is 1. The van der Waals surface area contributed by atoms with Crippen LogP contribution in [0.25, 0.3) is 0 Å². The predicted octanol–water partition coefficient (Wildman–Crippen LogP) is 3.31. The summed E-state index contributed by atoms with van der Waals surface area (Å²) in [4.78, 5) is 20.0. The van der Waals surface area contributed by atoms with Gasteiger partial charge in [-0.3, -0.25) is 4.72 Å². The Hall–Kier alpha value is -2.33. The molecule has 0 radical (unpaired) electrons. The van der Waals surface area contributed by atoms with Crippen molar-refractivity contribution in [3.8, 4) is 0 Å². The molecular formula is C19H26N4O4S2. The van der Waals surface area contributed by atoms with Crippen LogP contribution >= 0.6 is 11.3 Å². The van der Waals surface area contributed by atoms with E-state index in [0.717, 1.165) is 17.0 Å². The van der Waals surface area contributed by atoms with E-state index >= 15 is 0 Å². The molecule has 158 valence electrons. The summed E-state index contributed by atoms with van der Waals surface area (Å²) in [5.41, 5.74) is 0.749. The molecule has 1 aliphatic rings. The molecule has 0 unspecified atom stereocenters. The molecule has 10 heteroatoms. The van der Waals surface area contributed by atoms with Gasteiger partial charge in [0.1, 0.15) is 5.60 Å². The number of benzene rings is 1. The monoisotopic (exact) mass is 438 g/mol. The van der Waals surface area contributed by atoms with Gasteiger partial charge in [0.25, 0.3) is 10.0 Å². The highest BCUT2D eigenvalue weighted by Crippen LogP contribution is 2.30. The number of carbonyl (C=O) groups excluding carboxylic acids is 1. The maximum Gasteiger partial charge on any atom is 0.410 e. The molecule has 0 spiro atoms. The van der Waals surface area contributed by atoms with Gasteiger partial charge >= 0.3 is 6.09 Å². The molecule has 8 nitrogen and oxygen atoms in total. The van der Waals surface area contributed by atoms with Gasteiger partial charge in [-0.2, -0.15) is 0 Å². The van der Waals surface area contributed by atoms with Crippen LogP contribution in [0.1, 0.15) is 25.8 Å². The summed E-state index contributed by atoms with van der Waals surface area (Å²) in [6.07, 6.45) is 1.04. The number of nitrogens with one attached hydrogen (secondary N) is 1. The highest BCUT2D eigenvalue weighted by molar-refractivity contribution is 7.94. The Morgan fingerprint density at radius 1 is 1.17 bits per heavy atom. The smallest absolute Gasteiger partial charge is 0.410 e. The number of thiazole rings is 1. The molecule has 0 atom stereocenters. The van der Waals surface area contributed by atoms with Crippen LogP contribution in [-0.4, -0.2) is 56.2 Å². The fourth-order valence-corrected chi connectivity index (χ4v) is 5.14. The quantitative estimate of drug-likeness (QED) is 0.787. The molecule has 2 aromatic rings. The molecular weight excluding hydrogens is 412 g/mol. The Morgan fingerprint density at radius 2 is 1.83 bits per heavy atom. The van der Waals surface area contributed by atoms with Gasteiger partial charge in [0, 0.05) is 26.2 Å². The third kappa shape index (κ3) is 5.39. The largest absolute Gasteiger partial charge is 0.444 e. The molecule has 1 N–H and O–H groups in total. The lowest BCUT2D eigenvalue weighted by atomic mass is 10.2. The number of hydrogen-bond acceptors (Lipinski definition) is 7. The standard InChI is InChI=1S/C19H26N4O4S2/c1-14-20-13-17(28-14)29(25,26)21-15-7-5-6-8-16(15)22-9-11-23(12-10-22)18(24)27-19(2,3)4/h5-8,13,21H,9-12H2,1-4H3. The van der Waals surface area contributed by atoms with Crippen molar-refractivity contribution in [3.63, 3.8) is 0 Å². The van der Waals surface area contributed by atoms with Gasteiger partial charge in [-0.15, -0.1) is 11.3 Å². The zero-order valence-corrected chi connectivity index (χ0v) is 18.6. The van der Waals surface area contributed by atoms with Crippen molar-refractivity contribution in [3.05, 3.63) is 35.5 Å². The van der Waals surface area contributed by atoms with E-state index in [4.69, 9.17) is 4.74 Å². The normalized spacial score (nSPS) is 15.3. The summed E-state index contributed by atoms with van der Waals surface area (Å²) in [7, 11) is -3.70. The molecule has 1 fully saturated rings. The molecule has 0 bridgehead atoms. The SMILES string of the molecule is Cc1ncc(S(=O)(=O)Nc2ccccc2N2CCN(C(=O)OC(C)(C)C)CC2)s1. The van der Waals surface area contributed by atoms with Crippen molar-refractivity contribution in [2.24, 2.45) is 0 Å².